The molecule has 1 heterocycles. The van der Waals surface area contributed by atoms with Crippen molar-refractivity contribution >= 4 is 16.0 Å². The minimum atomic E-state index is -3.67. The van der Waals surface area contributed by atoms with Crippen molar-refractivity contribution in [2.24, 2.45) is 0 Å². The van der Waals surface area contributed by atoms with E-state index in [-0.39, 0.29) is 6.61 Å². The van der Waals surface area contributed by atoms with Crippen LogP contribution in [0.1, 0.15) is 6.92 Å². The van der Waals surface area contributed by atoms with E-state index in [1.54, 1.807) is 25.3 Å². The Morgan fingerprint density at radius 2 is 2.38 bits per heavy atom. The highest BCUT2D eigenvalue weighted by molar-refractivity contribution is 7.88. The maximum Gasteiger partial charge on any atom is 0.360 e. The molecule has 0 aliphatic heterocycles. The van der Waals surface area contributed by atoms with Crippen LogP contribution < -0.4 is 4.72 Å². The highest BCUT2D eigenvalue weighted by Gasteiger charge is 2.08. The Labute approximate surface area is 77.0 Å². The number of hydrogen-bond acceptors (Lipinski definition) is 4. The number of hydrogen-bond donors (Lipinski definition) is 1. The van der Waals surface area contributed by atoms with Crippen LogP contribution in [0.25, 0.3) is 0 Å². The molecule has 0 fully saturated rings. The largest absolute Gasteiger partial charge is 0.360 e. The Morgan fingerprint density at radius 1 is 1.62 bits per heavy atom. The molecule has 1 N–H and O–H groups in total. The summed E-state index contributed by atoms with van der Waals surface area (Å²) in [7, 11) is -3.67. The highest BCUT2D eigenvalue weighted by atomic mass is 32.2. The van der Waals surface area contributed by atoms with Crippen LogP contribution in [0.4, 0.5) is 5.69 Å². The molecule has 6 heteroatoms. The molecule has 1 rings (SSSR count). The predicted molar refractivity (Wildman–Crippen MR) is 48.4 cm³/mol. The zero-order valence-electron chi connectivity index (χ0n) is 7.10. The van der Waals surface area contributed by atoms with Crippen LogP contribution in [0.2, 0.25) is 0 Å². The molecule has 0 saturated carbocycles. The first-order chi connectivity index (χ1) is 6.14. The maximum atomic E-state index is 11.0. The van der Waals surface area contributed by atoms with Gasteiger partial charge in [0, 0.05) is 6.20 Å². The summed E-state index contributed by atoms with van der Waals surface area (Å²) < 4.78 is 28.8. The van der Waals surface area contributed by atoms with E-state index in [4.69, 9.17) is 0 Å². The minimum Gasteiger partial charge on any atom is -0.263 e. The van der Waals surface area contributed by atoms with Crippen LogP contribution in [0.3, 0.4) is 0 Å². The quantitative estimate of drug-likeness (QED) is 0.783. The van der Waals surface area contributed by atoms with Gasteiger partial charge in [-0.15, -0.1) is 0 Å². The summed E-state index contributed by atoms with van der Waals surface area (Å²) in [5.74, 6) is 0. The van der Waals surface area contributed by atoms with E-state index in [1.165, 1.54) is 6.20 Å². The summed E-state index contributed by atoms with van der Waals surface area (Å²) in [6.45, 7) is 1.71. The Morgan fingerprint density at radius 3 is 2.92 bits per heavy atom. The van der Waals surface area contributed by atoms with Gasteiger partial charge in [0.15, 0.2) is 0 Å². The Hall–Kier alpha value is -1.14. The lowest BCUT2D eigenvalue weighted by Crippen LogP contribution is -2.15. The normalized spacial score (nSPS) is 11.2. The third kappa shape index (κ3) is 3.39. The molecule has 0 atom stereocenters. The van der Waals surface area contributed by atoms with Gasteiger partial charge in [0.25, 0.3) is 0 Å². The van der Waals surface area contributed by atoms with Crippen molar-refractivity contribution in [3.8, 4) is 0 Å². The molecule has 0 bridgehead atoms. The van der Waals surface area contributed by atoms with Crippen LogP contribution in [-0.2, 0) is 14.5 Å². The van der Waals surface area contributed by atoms with Gasteiger partial charge in [-0.3, -0.25) is 13.9 Å². The summed E-state index contributed by atoms with van der Waals surface area (Å²) >= 11 is 0. The summed E-state index contributed by atoms with van der Waals surface area (Å²) in [6.07, 6.45) is 2.95. The van der Waals surface area contributed by atoms with Crippen molar-refractivity contribution in [1.82, 2.24) is 4.98 Å². The molecule has 0 unspecified atom stereocenters. The smallest absolute Gasteiger partial charge is 0.263 e. The van der Waals surface area contributed by atoms with Crippen molar-refractivity contribution in [3.05, 3.63) is 24.5 Å². The average molecular weight is 202 g/mol. The van der Waals surface area contributed by atoms with Gasteiger partial charge in [0.2, 0.25) is 0 Å². The first-order valence-corrected chi connectivity index (χ1v) is 5.12. The van der Waals surface area contributed by atoms with E-state index >= 15 is 0 Å². The van der Waals surface area contributed by atoms with Crippen LogP contribution in [0.15, 0.2) is 24.5 Å². The minimum absolute atomic E-state index is 0.107. The molecule has 0 aliphatic rings. The molecule has 1 aromatic rings. The first-order valence-electron chi connectivity index (χ1n) is 3.71. The van der Waals surface area contributed by atoms with Gasteiger partial charge in [-0.25, -0.2) is 0 Å². The Balaban J connectivity index is 2.70. The van der Waals surface area contributed by atoms with Crippen molar-refractivity contribution in [3.63, 3.8) is 0 Å². The van der Waals surface area contributed by atoms with Crippen molar-refractivity contribution < 1.29 is 12.6 Å². The van der Waals surface area contributed by atoms with Gasteiger partial charge < -0.3 is 0 Å². The lowest BCUT2D eigenvalue weighted by Gasteiger charge is -2.05. The van der Waals surface area contributed by atoms with Crippen LogP contribution >= 0.6 is 0 Å². The van der Waals surface area contributed by atoms with E-state index in [9.17, 15) is 8.42 Å². The van der Waals surface area contributed by atoms with Gasteiger partial charge in [-0.05, 0) is 19.1 Å². The highest BCUT2D eigenvalue weighted by Crippen LogP contribution is 2.06. The molecule has 13 heavy (non-hydrogen) atoms. The number of pyridine rings is 1. The second kappa shape index (κ2) is 4.20. The fourth-order valence-corrected chi connectivity index (χ4v) is 1.53. The zero-order valence-corrected chi connectivity index (χ0v) is 7.91. The molecule has 0 aliphatic carbocycles. The van der Waals surface area contributed by atoms with Gasteiger partial charge in [-0.1, -0.05) is 0 Å². The molecular formula is C7H10N2O3S. The van der Waals surface area contributed by atoms with Crippen molar-refractivity contribution in [2.75, 3.05) is 11.3 Å². The summed E-state index contributed by atoms with van der Waals surface area (Å²) in [5, 5.41) is 0. The van der Waals surface area contributed by atoms with Crippen LogP contribution in [0.5, 0.6) is 0 Å². The number of nitrogens with one attached hydrogen (secondary N) is 1. The molecule has 0 radical (unpaired) electrons. The van der Waals surface area contributed by atoms with Crippen LogP contribution in [-0.4, -0.2) is 20.0 Å². The molecule has 1 aromatic heterocycles. The number of anilines is 1. The van der Waals surface area contributed by atoms with E-state index < -0.39 is 10.3 Å². The van der Waals surface area contributed by atoms with Crippen molar-refractivity contribution in [2.45, 2.75) is 6.92 Å². The number of rotatable bonds is 4. The maximum absolute atomic E-state index is 11.0. The third-order valence-electron chi connectivity index (χ3n) is 1.18. The van der Waals surface area contributed by atoms with E-state index in [0.717, 1.165) is 0 Å². The molecule has 0 amide bonds. The fourth-order valence-electron chi connectivity index (χ4n) is 0.752. The molecule has 0 spiro atoms. The second-order valence-corrected chi connectivity index (χ2v) is 3.55. The van der Waals surface area contributed by atoms with Gasteiger partial charge in [0.05, 0.1) is 18.5 Å². The third-order valence-corrected chi connectivity index (χ3v) is 2.21. The molecule has 0 aromatic carbocycles. The van der Waals surface area contributed by atoms with Gasteiger partial charge in [0.1, 0.15) is 0 Å². The summed E-state index contributed by atoms with van der Waals surface area (Å²) in [5.41, 5.74) is 0.385. The SMILES string of the molecule is CCOS(=O)(=O)Nc1cccnc1. The summed E-state index contributed by atoms with van der Waals surface area (Å²) in [6, 6.07) is 3.22. The lowest BCUT2D eigenvalue weighted by molar-refractivity contribution is 0.342. The van der Waals surface area contributed by atoms with Gasteiger partial charge in [-0.2, -0.15) is 8.42 Å². The van der Waals surface area contributed by atoms with Crippen LogP contribution in [0, 0.1) is 0 Å². The van der Waals surface area contributed by atoms with Crippen molar-refractivity contribution in [1.29, 1.82) is 0 Å². The van der Waals surface area contributed by atoms with E-state index in [2.05, 4.69) is 13.9 Å². The monoisotopic (exact) mass is 202 g/mol. The predicted octanol–water partition coefficient (Wildman–Crippen LogP) is 0.775. The second-order valence-electron chi connectivity index (χ2n) is 2.20. The Kier molecular flexibility index (Phi) is 3.21. The standard InChI is InChI=1S/C7H10N2O3S/c1-2-12-13(10,11)9-7-4-3-5-8-6-7/h3-6,9H,2H2,1H3. The number of nitrogens with zero attached hydrogens (tertiary/aromatic N) is 1. The fraction of sp³-hybridized carbons (Fsp3) is 0.286. The number of aromatic nitrogens is 1. The van der Waals surface area contributed by atoms with E-state index in [1.807, 2.05) is 0 Å². The molecule has 0 saturated heterocycles. The zero-order chi connectivity index (χ0) is 9.73. The first kappa shape index (κ1) is 9.94. The molecule has 5 nitrogen and oxygen atoms in total. The Bertz CT molecular complexity index is 349. The lowest BCUT2D eigenvalue weighted by atomic mass is 10.4. The van der Waals surface area contributed by atoms with Gasteiger partial charge >= 0.3 is 10.3 Å². The summed E-state index contributed by atoms with van der Waals surface area (Å²) in [4.78, 5) is 3.75. The average Bonchev–Trinajstić information content (AvgIpc) is 2.04. The topological polar surface area (TPSA) is 68.3 Å². The molecular weight excluding hydrogens is 192 g/mol. The molecule has 72 valence electrons. The van der Waals surface area contributed by atoms with E-state index in [0.29, 0.717) is 5.69 Å².